The second-order valence-electron chi connectivity index (χ2n) is 3.62. The van der Waals surface area contributed by atoms with Gasteiger partial charge in [-0.25, -0.2) is 12.8 Å². The average Bonchev–Trinajstić information content (AvgIpc) is 2.08. The van der Waals surface area contributed by atoms with Gasteiger partial charge < -0.3 is 5.11 Å². The molecule has 1 heterocycles. The smallest absolute Gasteiger partial charge is 0.152 e. The molecule has 0 bridgehead atoms. The Kier molecular flexibility index (Phi) is 3.86. The van der Waals surface area contributed by atoms with Crippen LogP contribution in [0.1, 0.15) is 6.92 Å². The van der Waals surface area contributed by atoms with Crippen molar-refractivity contribution in [3.63, 3.8) is 0 Å². The molecule has 1 N–H and O–H groups in total. The molecule has 1 aliphatic rings. The lowest BCUT2D eigenvalue weighted by molar-refractivity contribution is 0.0735. The van der Waals surface area contributed by atoms with Crippen LogP contribution in [0.3, 0.4) is 0 Å². The van der Waals surface area contributed by atoms with E-state index in [1.165, 1.54) is 6.92 Å². The third kappa shape index (κ3) is 2.90. The maximum absolute atomic E-state index is 13.0. The van der Waals surface area contributed by atoms with Crippen LogP contribution >= 0.6 is 0 Å². The standard InChI is InChI=1S/C8H16FNO3S/c1-7(9)8(6-11)10-2-4-14(12,13)5-3-10/h7-8,11H,2-6H2,1H3/t7-,8+/m0/s1. The van der Waals surface area contributed by atoms with Crippen molar-refractivity contribution in [2.75, 3.05) is 31.2 Å². The summed E-state index contributed by atoms with van der Waals surface area (Å²) in [4.78, 5) is 1.70. The summed E-state index contributed by atoms with van der Waals surface area (Å²) in [5.74, 6) is 0.131. The molecular formula is C8H16FNO3S. The Balaban J connectivity index is 2.56. The Morgan fingerprint density at radius 3 is 2.29 bits per heavy atom. The lowest BCUT2D eigenvalue weighted by Crippen LogP contribution is -2.50. The fourth-order valence-electron chi connectivity index (χ4n) is 1.61. The van der Waals surface area contributed by atoms with Crippen LogP contribution in [-0.4, -0.2) is 61.8 Å². The maximum atomic E-state index is 13.0. The first-order valence-corrected chi connectivity index (χ1v) is 6.48. The van der Waals surface area contributed by atoms with Crippen molar-refractivity contribution in [1.82, 2.24) is 4.90 Å². The zero-order valence-corrected chi connectivity index (χ0v) is 9.00. The molecule has 0 aliphatic carbocycles. The number of hydrogen-bond donors (Lipinski definition) is 1. The number of aliphatic hydroxyl groups excluding tert-OH is 1. The number of alkyl halides is 1. The first-order valence-electron chi connectivity index (χ1n) is 4.65. The number of halogens is 1. The molecule has 1 rings (SSSR count). The lowest BCUT2D eigenvalue weighted by atomic mass is 10.2. The van der Waals surface area contributed by atoms with Crippen molar-refractivity contribution in [3.8, 4) is 0 Å². The van der Waals surface area contributed by atoms with Crippen molar-refractivity contribution in [2.24, 2.45) is 0 Å². The topological polar surface area (TPSA) is 57.6 Å². The van der Waals surface area contributed by atoms with Gasteiger partial charge in [-0.15, -0.1) is 0 Å². The molecule has 2 atom stereocenters. The molecule has 0 saturated carbocycles. The van der Waals surface area contributed by atoms with Crippen LogP contribution in [0, 0.1) is 0 Å². The molecule has 1 saturated heterocycles. The summed E-state index contributed by atoms with van der Waals surface area (Å²) in [6.45, 7) is 1.76. The lowest BCUT2D eigenvalue weighted by Gasteiger charge is -2.33. The van der Waals surface area contributed by atoms with Gasteiger partial charge in [0.25, 0.3) is 0 Å². The fourth-order valence-corrected chi connectivity index (χ4v) is 2.84. The summed E-state index contributed by atoms with van der Waals surface area (Å²) in [7, 11) is -2.93. The van der Waals surface area contributed by atoms with Gasteiger partial charge in [0.15, 0.2) is 9.84 Å². The minimum absolute atomic E-state index is 0.0657. The maximum Gasteiger partial charge on any atom is 0.152 e. The van der Waals surface area contributed by atoms with Crippen LogP contribution < -0.4 is 0 Å². The van der Waals surface area contributed by atoms with Crippen LogP contribution in [0.15, 0.2) is 0 Å². The van der Waals surface area contributed by atoms with E-state index in [-0.39, 0.29) is 18.1 Å². The molecule has 0 aromatic heterocycles. The fraction of sp³-hybridized carbons (Fsp3) is 1.00. The van der Waals surface area contributed by atoms with Crippen molar-refractivity contribution in [3.05, 3.63) is 0 Å². The summed E-state index contributed by atoms with van der Waals surface area (Å²) < 4.78 is 35.2. The normalized spacial score (nSPS) is 27.1. The third-order valence-corrected chi connectivity index (χ3v) is 4.17. The van der Waals surface area contributed by atoms with Gasteiger partial charge in [-0.05, 0) is 6.92 Å². The zero-order valence-electron chi connectivity index (χ0n) is 8.19. The van der Waals surface area contributed by atoms with E-state index in [1.807, 2.05) is 0 Å². The molecule has 0 aromatic rings. The second-order valence-corrected chi connectivity index (χ2v) is 5.92. The molecule has 84 valence electrons. The van der Waals surface area contributed by atoms with Gasteiger partial charge in [-0.1, -0.05) is 0 Å². The number of rotatable bonds is 3. The molecule has 1 fully saturated rings. The van der Waals surface area contributed by atoms with Gasteiger partial charge >= 0.3 is 0 Å². The molecule has 0 spiro atoms. The molecule has 6 heteroatoms. The minimum atomic E-state index is -2.93. The van der Waals surface area contributed by atoms with Crippen LogP contribution in [0.25, 0.3) is 0 Å². The van der Waals surface area contributed by atoms with E-state index in [4.69, 9.17) is 5.11 Å². The second kappa shape index (κ2) is 4.55. The Morgan fingerprint density at radius 1 is 1.43 bits per heavy atom. The highest BCUT2D eigenvalue weighted by molar-refractivity contribution is 7.91. The van der Waals surface area contributed by atoms with Crippen LogP contribution in [0.4, 0.5) is 4.39 Å². The SMILES string of the molecule is C[C@H](F)[C@@H](CO)N1CCS(=O)(=O)CC1. The van der Waals surface area contributed by atoms with Gasteiger partial charge in [0, 0.05) is 13.1 Å². The molecular weight excluding hydrogens is 209 g/mol. The summed E-state index contributed by atoms with van der Waals surface area (Å²) in [5.41, 5.74) is 0. The van der Waals surface area contributed by atoms with E-state index in [0.29, 0.717) is 13.1 Å². The third-order valence-electron chi connectivity index (χ3n) is 2.57. The van der Waals surface area contributed by atoms with Gasteiger partial charge in [0.05, 0.1) is 24.2 Å². The Hall–Kier alpha value is -0.200. The van der Waals surface area contributed by atoms with Crippen LogP contribution in [-0.2, 0) is 9.84 Å². The van der Waals surface area contributed by atoms with Gasteiger partial charge in [0.1, 0.15) is 6.17 Å². The molecule has 0 aromatic carbocycles. The van der Waals surface area contributed by atoms with E-state index < -0.39 is 22.1 Å². The highest BCUT2D eigenvalue weighted by Gasteiger charge is 2.29. The van der Waals surface area contributed by atoms with E-state index in [1.54, 1.807) is 4.90 Å². The van der Waals surface area contributed by atoms with E-state index in [2.05, 4.69) is 0 Å². The van der Waals surface area contributed by atoms with Crippen molar-refractivity contribution in [2.45, 2.75) is 19.1 Å². The van der Waals surface area contributed by atoms with E-state index >= 15 is 0 Å². The minimum Gasteiger partial charge on any atom is -0.395 e. The first-order chi connectivity index (χ1) is 6.46. The number of aliphatic hydroxyl groups is 1. The highest BCUT2D eigenvalue weighted by Crippen LogP contribution is 2.12. The molecule has 0 amide bonds. The van der Waals surface area contributed by atoms with E-state index in [9.17, 15) is 12.8 Å². The summed E-state index contributed by atoms with van der Waals surface area (Å²) >= 11 is 0. The van der Waals surface area contributed by atoms with Crippen LogP contribution in [0.5, 0.6) is 0 Å². The zero-order chi connectivity index (χ0) is 10.8. The quantitative estimate of drug-likeness (QED) is 0.699. The molecule has 14 heavy (non-hydrogen) atoms. The molecule has 1 aliphatic heterocycles. The number of hydrogen-bond acceptors (Lipinski definition) is 4. The number of nitrogens with zero attached hydrogens (tertiary/aromatic N) is 1. The van der Waals surface area contributed by atoms with Gasteiger partial charge in [0.2, 0.25) is 0 Å². The summed E-state index contributed by atoms with van der Waals surface area (Å²) in [5, 5.41) is 8.95. The Labute approximate surface area is 83.6 Å². The Bertz CT molecular complexity index is 264. The predicted octanol–water partition coefficient (Wildman–Crippen LogP) is -0.564. The highest BCUT2D eigenvalue weighted by atomic mass is 32.2. The van der Waals surface area contributed by atoms with Crippen molar-refractivity contribution >= 4 is 9.84 Å². The average molecular weight is 225 g/mol. The monoisotopic (exact) mass is 225 g/mol. The van der Waals surface area contributed by atoms with Crippen molar-refractivity contribution in [1.29, 1.82) is 0 Å². The van der Waals surface area contributed by atoms with Crippen LogP contribution in [0.2, 0.25) is 0 Å². The van der Waals surface area contributed by atoms with Gasteiger partial charge in [-0.2, -0.15) is 0 Å². The Morgan fingerprint density at radius 2 is 1.93 bits per heavy atom. The van der Waals surface area contributed by atoms with Gasteiger partial charge in [-0.3, -0.25) is 4.90 Å². The van der Waals surface area contributed by atoms with Crippen molar-refractivity contribution < 1.29 is 17.9 Å². The largest absolute Gasteiger partial charge is 0.395 e. The number of sulfone groups is 1. The molecule has 0 radical (unpaired) electrons. The van der Waals surface area contributed by atoms with E-state index in [0.717, 1.165) is 0 Å². The molecule has 0 unspecified atom stereocenters. The first kappa shape index (κ1) is 11.9. The summed E-state index contributed by atoms with van der Waals surface area (Å²) in [6, 6.07) is -0.564. The summed E-state index contributed by atoms with van der Waals surface area (Å²) in [6.07, 6.45) is -1.14. The predicted molar refractivity (Wildman–Crippen MR) is 51.7 cm³/mol. The molecule has 4 nitrogen and oxygen atoms in total.